The Morgan fingerprint density at radius 3 is 2.69 bits per heavy atom. The number of aliphatic hydroxyl groups excluding tert-OH is 1. The first-order valence-electron chi connectivity index (χ1n) is 12.0. The van der Waals surface area contributed by atoms with E-state index in [9.17, 15) is 14.7 Å². The number of hydrogen-bond donors (Lipinski definition) is 2. The topological polar surface area (TPSA) is 109 Å². The maximum Gasteiger partial charge on any atom is 0.243 e. The molecule has 3 heterocycles. The minimum Gasteiger partial charge on any atom is -0.391 e. The molecule has 36 heavy (non-hydrogen) atoms. The number of thioether (sulfide) groups is 1. The van der Waals surface area contributed by atoms with Crippen molar-refractivity contribution < 1.29 is 19.2 Å². The van der Waals surface area contributed by atoms with Gasteiger partial charge in [-0.05, 0) is 43.2 Å². The van der Waals surface area contributed by atoms with E-state index in [1.807, 2.05) is 44.7 Å². The Bertz CT molecular complexity index is 1240. The van der Waals surface area contributed by atoms with Gasteiger partial charge in [0.05, 0.1) is 27.9 Å². The van der Waals surface area contributed by atoms with Crippen LogP contribution in [0.15, 0.2) is 39.2 Å². The van der Waals surface area contributed by atoms with Crippen LogP contribution in [0.25, 0.3) is 10.4 Å². The number of nitrogens with one attached hydrogen (secondary N) is 1. The summed E-state index contributed by atoms with van der Waals surface area (Å²) in [5.74, 6) is -0.653. The number of carbonyl (C=O) groups is 2. The molecule has 4 rings (SSSR count). The van der Waals surface area contributed by atoms with Crippen LogP contribution in [-0.4, -0.2) is 56.9 Å². The SMILES string of the molecule is CSc1cc(-c2scnc2C)ccc1CNC(=O)[C@@H]1C[C@@H](O)CN1C(=O)[C@H](c1cc(C)no1)C(C)C. The van der Waals surface area contributed by atoms with Crippen molar-refractivity contribution in [3.05, 3.63) is 52.5 Å². The average Bonchev–Trinajstić information content (AvgIpc) is 3.57. The normalized spacial score (nSPS) is 18.6. The molecule has 0 unspecified atom stereocenters. The van der Waals surface area contributed by atoms with E-state index in [4.69, 9.17) is 4.52 Å². The van der Waals surface area contributed by atoms with E-state index in [1.165, 1.54) is 4.90 Å². The van der Waals surface area contributed by atoms with Crippen LogP contribution in [0.4, 0.5) is 0 Å². The number of carbonyl (C=O) groups excluding carboxylic acids is 2. The smallest absolute Gasteiger partial charge is 0.243 e. The zero-order valence-electron chi connectivity index (χ0n) is 21.1. The molecule has 1 aliphatic rings. The van der Waals surface area contributed by atoms with E-state index in [2.05, 4.69) is 21.5 Å². The second-order valence-corrected chi connectivity index (χ2v) is 11.2. The summed E-state index contributed by atoms with van der Waals surface area (Å²) in [5, 5.41) is 17.3. The summed E-state index contributed by atoms with van der Waals surface area (Å²) in [7, 11) is 0. The van der Waals surface area contributed by atoms with Gasteiger partial charge in [0, 0.05) is 30.5 Å². The largest absolute Gasteiger partial charge is 0.391 e. The van der Waals surface area contributed by atoms with E-state index >= 15 is 0 Å². The number of aromatic nitrogens is 2. The highest BCUT2D eigenvalue weighted by atomic mass is 32.2. The van der Waals surface area contributed by atoms with Gasteiger partial charge < -0.3 is 19.8 Å². The maximum atomic E-state index is 13.5. The molecule has 0 radical (unpaired) electrons. The van der Waals surface area contributed by atoms with Gasteiger partial charge >= 0.3 is 0 Å². The van der Waals surface area contributed by atoms with Crippen LogP contribution in [0, 0.1) is 19.8 Å². The Morgan fingerprint density at radius 2 is 2.08 bits per heavy atom. The fourth-order valence-electron chi connectivity index (χ4n) is 4.66. The average molecular weight is 529 g/mol. The lowest BCUT2D eigenvalue weighted by Gasteiger charge is -2.28. The Kier molecular flexibility index (Phi) is 8.17. The predicted molar refractivity (Wildman–Crippen MR) is 141 cm³/mol. The van der Waals surface area contributed by atoms with Crippen LogP contribution >= 0.6 is 23.1 Å². The minimum absolute atomic E-state index is 0.0591. The number of benzene rings is 1. The standard InChI is InChI=1S/C26H32N4O4S2/c1-14(2)23(21-8-15(3)29-34-21)26(33)30-12-19(31)10-20(30)25(32)27-11-18-7-6-17(9-22(18)35-5)24-16(4)28-13-36-24/h6-9,13-14,19-20,23,31H,10-12H2,1-5H3,(H,27,32)/t19-,20+,23+/m1/s1. The number of thiazole rings is 1. The first-order chi connectivity index (χ1) is 17.2. The molecule has 2 aromatic heterocycles. The van der Waals surface area contributed by atoms with Crippen LogP contribution in [0.1, 0.15) is 48.9 Å². The Labute approximate surface area is 219 Å². The molecular formula is C26H32N4O4S2. The van der Waals surface area contributed by atoms with Crippen molar-refractivity contribution in [3.63, 3.8) is 0 Å². The Morgan fingerprint density at radius 1 is 1.31 bits per heavy atom. The molecule has 0 bridgehead atoms. The van der Waals surface area contributed by atoms with Gasteiger partial charge in [0.2, 0.25) is 11.8 Å². The molecule has 3 aromatic rings. The van der Waals surface area contributed by atoms with Gasteiger partial charge in [-0.3, -0.25) is 9.59 Å². The number of aliphatic hydroxyl groups is 1. The third kappa shape index (κ3) is 5.50. The van der Waals surface area contributed by atoms with Gasteiger partial charge in [0.15, 0.2) is 0 Å². The fourth-order valence-corrected chi connectivity index (χ4v) is 6.11. The number of β-amino-alcohol motifs (C(OH)–C–C–N with tert-alkyl or cyclic N) is 1. The van der Waals surface area contributed by atoms with Crippen molar-refractivity contribution in [1.29, 1.82) is 0 Å². The number of likely N-dealkylation sites (tertiary alicyclic amines) is 1. The predicted octanol–water partition coefficient (Wildman–Crippen LogP) is 4.15. The van der Waals surface area contributed by atoms with Gasteiger partial charge in [-0.1, -0.05) is 31.1 Å². The van der Waals surface area contributed by atoms with Crippen LogP contribution in [0.2, 0.25) is 0 Å². The maximum absolute atomic E-state index is 13.5. The Balaban J connectivity index is 1.48. The van der Waals surface area contributed by atoms with Gasteiger partial charge in [0.25, 0.3) is 0 Å². The van der Waals surface area contributed by atoms with Crippen molar-refractivity contribution in [1.82, 2.24) is 20.4 Å². The van der Waals surface area contributed by atoms with Crippen molar-refractivity contribution in [2.75, 3.05) is 12.8 Å². The second-order valence-electron chi connectivity index (χ2n) is 9.50. The monoisotopic (exact) mass is 528 g/mol. The van der Waals surface area contributed by atoms with Crippen LogP contribution < -0.4 is 5.32 Å². The second kappa shape index (κ2) is 11.1. The molecule has 2 amide bonds. The molecule has 192 valence electrons. The molecule has 1 aromatic carbocycles. The third-order valence-corrected chi connectivity index (χ3v) is 8.30. The summed E-state index contributed by atoms with van der Waals surface area (Å²) >= 11 is 3.23. The fraction of sp³-hybridized carbons (Fsp3) is 0.462. The lowest BCUT2D eigenvalue weighted by atomic mass is 9.91. The first-order valence-corrected chi connectivity index (χ1v) is 14.1. The van der Waals surface area contributed by atoms with E-state index in [-0.39, 0.29) is 30.7 Å². The van der Waals surface area contributed by atoms with E-state index in [0.717, 1.165) is 26.6 Å². The number of aryl methyl sites for hydroxylation is 2. The van der Waals surface area contributed by atoms with Crippen LogP contribution in [-0.2, 0) is 16.1 Å². The quantitative estimate of drug-likeness (QED) is 0.423. The number of hydrogen-bond acceptors (Lipinski definition) is 8. The summed E-state index contributed by atoms with van der Waals surface area (Å²) in [6.45, 7) is 8.12. The third-order valence-electron chi connectivity index (χ3n) is 6.50. The highest BCUT2D eigenvalue weighted by Crippen LogP contribution is 2.33. The van der Waals surface area contributed by atoms with Crippen molar-refractivity contribution in [3.8, 4) is 10.4 Å². The molecule has 3 atom stereocenters. The summed E-state index contributed by atoms with van der Waals surface area (Å²) in [6, 6.07) is 7.20. The molecular weight excluding hydrogens is 496 g/mol. The van der Waals surface area contributed by atoms with Crippen LogP contribution in [0.5, 0.6) is 0 Å². The molecule has 10 heteroatoms. The van der Waals surface area contributed by atoms with Gasteiger partial charge in [-0.15, -0.1) is 23.1 Å². The van der Waals surface area contributed by atoms with Crippen molar-refractivity contribution in [2.45, 2.75) is 63.6 Å². The molecule has 1 saturated heterocycles. The first kappa shape index (κ1) is 26.4. The number of rotatable bonds is 8. The molecule has 0 saturated carbocycles. The zero-order chi connectivity index (χ0) is 26.0. The molecule has 1 aliphatic heterocycles. The minimum atomic E-state index is -0.752. The van der Waals surface area contributed by atoms with E-state index in [1.54, 1.807) is 36.1 Å². The molecule has 2 N–H and O–H groups in total. The summed E-state index contributed by atoms with van der Waals surface area (Å²) in [4.78, 5) is 34.8. The van der Waals surface area contributed by atoms with Gasteiger partial charge in [-0.2, -0.15) is 0 Å². The Hall–Kier alpha value is -2.69. The summed E-state index contributed by atoms with van der Waals surface area (Å²) in [6.07, 6.45) is 1.46. The molecule has 8 nitrogen and oxygen atoms in total. The lowest BCUT2D eigenvalue weighted by Crippen LogP contribution is -2.48. The van der Waals surface area contributed by atoms with E-state index < -0.39 is 18.1 Å². The molecule has 0 aliphatic carbocycles. The van der Waals surface area contributed by atoms with Crippen LogP contribution in [0.3, 0.4) is 0 Å². The lowest BCUT2D eigenvalue weighted by molar-refractivity contribution is -0.141. The highest BCUT2D eigenvalue weighted by Gasteiger charge is 2.43. The zero-order valence-corrected chi connectivity index (χ0v) is 22.8. The highest BCUT2D eigenvalue weighted by molar-refractivity contribution is 7.98. The number of nitrogens with zero attached hydrogens (tertiary/aromatic N) is 3. The van der Waals surface area contributed by atoms with Gasteiger partial charge in [0.1, 0.15) is 17.7 Å². The number of amides is 2. The van der Waals surface area contributed by atoms with Crippen molar-refractivity contribution >= 4 is 34.9 Å². The molecule has 0 spiro atoms. The summed E-state index contributed by atoms with van der Waals surface area (Å²) < 4.78 is 5.40. The van der Waals surface area contributed by atoms with Crippen molar-refractivity contribution in [2.24, 2.45) is 5.92 Å². The summed E-state index contributed by atoms with van der Waals surface area (Å²) in [5.41, 5.74) is 5.63. The molecule has 1 fully saturated rings. The van der Waals surface area contributed by atoms with E-state index in [0.29, 0.717) is 18.0 Å². The van der Waals surface area contributed by atoms with Gasteiger partial charge in [-0.25, -0.2) is 4.98 Å².